The van der Waals surface area contributed by atoms with E-state index in [4.69, 9.17) is 4.74 Å². The average molecular weight is 171 g/mol. The van der Waals surface area contributed by atoms with Crippen molar-refractivity contribution in [2.45, 2.75) is 58.2 Å². The summed E-state index contributed by atoms with van der Waals surface area (Å²) in [5, 5.41) is 3.56. The largest absolute Gasteiger partial charge is 0.377 e. The molecular formula is C10H21NO. The van der Waals surface area contributed by atoms with E-state index >= 15 is 0 Å². The van der Waals surface area contributed by atoms with Gasteiger partial charge in [-0.05, 0) is 40.5 Å². The second kappa shape index (κ2) is 3.75. The average Bonchev–Trinajstić information content (AvgIpc) is 2.26. The summed E-state index contributed by atoms with van der Waals surface area (Å²) in [5.41, 5.74) is 0.324. The van der Waals surface area contributed by atoms with E-state index < -0.39 is 0 Å². The summed E-state index contributed by atoms with van der Waals surface area (Å²) in [6.45, 7) is 9.53. The van der Waals surface area contributed by atoms with E-state index in [0.717, 1.165) is 6.61 Å². The first-order chi connectivity index (χ1) is 5.49. The highest BCUT2D eigenvalue weighted by molar-refractivity contribution is 4.90. The van der Waals surface area contributed by atoms with Gasteiger partial charge in [0.25, 0.3) is 0 Å². The Labute approximate surface area is 75.7 Å². The van der Waals surface area contributed by atoms with Crippen LogP contribution in [-0.4, -0.2) is 24.3 Å². The second-order valence-corrected chi connectivity index (χ2v) is 4.65. The summed E-state index contributed by atoms with van der Waals surface area (Å²) in [6, 6.07) is 0.572. The number of hydrogen-bond donors (Lipinski definition) is 1. The maximum atomic E-state index is 5.56. The maximum absolute atomic E-state index is 5.56. The zero-order valence-electron chi connectivity index (χ0n) is 8.68. The second-order valence-electron chi connectivity index (χ2n) is 4.65. The molecule has 0 amide bonds. The monoisotopic (exact) mass is 171 g/mol. The minimum absolute atomic E-state index is 0.324. The zero-order chi connectivity index (χ0) is 9.19. The topological polar surface area (TPSA) is 21.3 Å². The molecule has 1 aliphatic heterocycles. The van der Waals surface area contributed by atoms with E-state index in [-0.39, 0.29) is 0 Å². The fraction of sp³-hybridized carbons (Fsp3) is 1.00. The lowest BCUT2D eigenvalue weighted by Gasteiger charge is -2.20. The highest BCUT2D eigenvalue weighted by Gasteiger charge is 2.29. The fourth-order valence-electron chi connectivity index (χ4n) is 1.67. The predicted octanol–water partition coefficient (Wildman–Crippen LogP) is 1.94. The van der Waals surface area contributed by atoms with Crippen molar-refractivity contribution in [3.05, 3.63) is 0 Å². The molecule has 1 unspecified atom stereocenters. The van der Waals surface area contributed by atoms with Crippen LogP contribution in [0.2, 0.25) is 0 Å². The smallest absolute Gasteiger partial charge is 0.0623 e. The van der Waals surface area contributed by atoms with E-state index in [9.17, 15) is 0 Å². The Balaban J connectivity index is 2.20. The zero-order valence-corrected chi connectivity index (χ0v) is 8.68. The summed E-state index contributed by atoms with van der Waals surface area (Å²) in [4.78, 5) is 0. The van der Waals surface area contributed by atoms with Gasteiger partial charge in [0.15, 0.2) is 0 Å². The molecule has 1 atom stereocenters. The van der Waals surface area contributed by atoms with Crippen molar-refractivity contribution >= 4 is 0 Å². The molecule has 1 saturated heterocycles. The molecule has 2 heteroatoms. The Morgan fingerprint density at radius 3 is 2.58 bits per heavy atom. The molecular weight excluding hydrogens is 150 g/mol. The Hall–Kier alpha value is -0.0800. The van der Waals surface area contributed by atoms with Crippen LogP contribution in [0, 0.1) is 0 Å². The van der Waals surface area contributed by atoms with Crippen LogP contribution >= 0.6 is 0 Å². The first-order valence-corrected chi connectivity index (χ1v) is 4.89. The molecule has 12 heavy (non-hydrogen) atoms. The number of nitrogens with one attached hydrogen (secondary N) is 1. The van der Waals surface area contributed by atoms with Crippen LogP contribution in [-0.2, 0) is 4.74 Å². The lowest BCUT2D eigenvalue weighted by molar-refractivity contribution is 0.0629. The van der Waals surface area contributed by atoms with Crippen LogP contribution in [0.5, 0.6) is 0 Å². The van der Waals surface area contributed by atoms with Crippen LogP contribution in [0.3, 0.4) is 0 Å². The van der Waals surface area contributed by atoms with Gasteiger partial charge < -0.3 is 10.1 Å². The lowest BCUT2D eigenvalue weighted by atomic mass is 10.0. The van der Waals surface area contributed by atoms with E-state index in [0.29, 0.717) is 17.7 Å². The molecule has 1 aliphatic rings. The Morgan fingerprint density at radius 2 is 2.17 bits per heavy atom. The van der Waals surface area contributed by atoms with E-state index in [2.05, 4.69) is 33.0 Å². The molecule has 1 fully saturated rings. The van der Waals surface area contributed by atoms with E-state index in [1.165, 1.54) is 12.8 Å². The molecule has 0 spiro atoms. The van der Waals surface area contributed by atoms with Crippen molar-refractivity contribution < 1.29 is 4.74 Å². The molecule has 0 aliphatic carbocycles. The maximum Gasteiger partial charge on any atom is 0.0623 e. The Kier molecular flexibility index (Phi) is 3.13. The van der Waals surface area contributed by atoms with Gasteiger partial charge in [-0.25, -0.2) is 0 Å². The van der Waals surface area contributed by atoms with E-state index in [1.807, 2.05) is 0 Å². The van der Waals surface area contributed by atoms with Gasteiger partial charge in [-0.2, -0.15) is 0 Å². The van der Waals surface area contributed by atoms with Crippen molar-refractivity contribution in [2.24, 2.45) is 0 Å². The molecule has 2 nitrogen and oxygen atoms in total. The minimum atomic E-state index is 0.324. The molecule has 0 aromatic carbocycles. The quantitative estimate of drug-likeness (QED) is 0.700. The molecule has 1 heterocycles. The molecule has 0 aromatic rings. The normalized spacial score (nSPS) is 28.2. The third kappa shape index (κ3) is 3.11. The first-order valence-electron chi connectivity index (χ1n) is 4.89. The summed E-state index contributed by atoms with van der Waals surface area (Å²) >= 11 is 0. The Morgan fingerprint density at radius 1 is 1.50 bits per heavy atom. The van der Waals surface area contributed by atoms with Crippen molar-refractivity contribution in [3.8, 4) is 0 Å². The van der Waals surface area contributed by atoms with Crippen molar-refractivity contribution in [2.75, 3.05) is 6.61 Å². The molecule has 0 radical (unpaired) electrons. The Bertz CT molecular complexity index is 143. The van der Waals surface area contributed by atoms with Crippen LogP contribution in [0.25, 0.3) is 0 Å². The third-order valence-electron chi connectivity index (χ3n) is 2.34. The summed E-state index contributed by atoms with van der Waals surface area (Å²) in [5.74, 6) is 0. The van der Waals surface area contributed by atoms with Crippen LogP contribution < -0.4 is 5.32 Å². The van der Waals surface area contributed by atoms with Crippen molar-refractivity contribution in [3.63, 3.8) is 0 Å². The van der Waals surface area contributed by atoms with Gasteiger partial charge in [0.2, 0.25) is 0 Å². The molecule has 72 valence electrons. The molecule has 1 N–H and O–H groups in total. The van der Waals surface area contributed by atoms with Gasteiger partial charge in [0.05, 0.1) is 12.7 Å². The summed E-state index contributed by atoms with van der Waals surface area (Å²) < 4.78 is 5.56. The van der Waals surface area contributed by atoms with Crippen molar-refractivity contribution in [1.29, 1.82) is 0 Å². The third-order valence-corrected chi connectivity index (χ3v) is 2.34. The van der Waals surface area contributed by atoms with Gasteiger partial charge in [-0.15, -0.1) is 0 Å². The van der Waals surface area contributed by atoms with Gasteiger partial charge in [-0.3, -0.25) is 0 Å². The SMILES string of the molecule is CC(C)OCC1CCC(C)(C)N1. The number of rotatable bonds is 3. The van der Waals surface area contributed by atoms with Gasteiger partial charge in [0, 0.05) is 11.6 Å². The first kappa shape index (κ1) is 10.0. The van der Waals surface area contributed by atoms with Gasteiger partial charge in [-0.1, -0.05) is 0 Å². The van der Waals surface area contributed by atoms with Crippen LogP contribution in [0.4, 0.5) is 0 Å². The van der Waals surface area contributed by atoms with Gasteiger partial charge in [0.1, 0.15) is 0 Å². The van der Waals surface area contributed by atoms with Crippen molar-refractivity contribution in [1.82, 2.24) is 5.32 Å². The standard InChI is InChI=1S/C10H21NO/c1-8(2)12-7-9-5-6-10(3,4)11-9/h8-9,11H,5-7H2,1-4H3. The number of ether oxygens (including phenoxy) is 1. The van der Waals surface area contributed by atoms with Crippen LogP contribution in [0.1, 0.15) is 40.5 Å². The molecule has 0 saturated carbocycles. The summed E-state index contributed by atoms with van der Waals surface area (Å²) in [7, 11) is 0. The molecule has 0 bridgehead atoms. The number of hydrogen-bond acceptors (Lipinski definition) is 2. The molecule has 1 rings (SSSR count). The van der Waals surface area contributed by atoms with Gasteiger partial charge >= 0.3 is 0 Å². The summed E-state index contributed by atoms with van der Waals surface area (Å²) in [6.07, 6.45) is 2.87. The highest BCUT2D eigenvalue weighted by atomic mass is 16.5. The molecule has 0 aromatic heterocycles. The predicted molar refractivity (Wildman–Crippen MR) is 51.3 cm³/mol. The van der Waals surface area contributed by atoms with Crippen LogP contribution in [0.15, 0.2) is 0 Å². The highest BCUT2D eigenvalue weighted by Crippen LogP contribution is 2.22. The minimum Gasteiger partial charge on any atom is -0.377 e. The fourth-order valence-corrected chi connectivity index (χ4v) is 1.67. The lowest BCUT2D eigenvalue weighted by Crippen LogP contribution is -2.39. The van der Waals surface area contributed by atoms with E-state index in [1.54, 1.807) is 0 Å².